The predicted molar refractivity (Wildman–Crippen MR) is 58.7 cm³/mol. The van der Waals surface area contributed by atoms with E-state index in [1.165, 1.54) is 17.7 Å². The van der Waals surface area contributed by atoms with Crippen LogP contribution < -0.4 is 5.32 Å². The van der Waals surface area contributed by atoms with Crippen molar-refractivity contribution in [3.05, 3.63) is 21.3 Å². The smallest absolute Gasteiger partial charge is 0.0931 e. The first-order valence-corrected chi connectivity index (χ1v) is 5.87. The topological polar surface area (TPSA) is 12.0 Å². The molecule has 0 saturated carbocycles. The van der Waals surface area contributed by atoms with E-state index in [2.05, 4.69) is 18.3 Å². The molecule has 1 N–H and O–H groups in total. The van der Waals surface area contributed by atoms with Gasteiger partial charge in [-0.15, -0.1) is 11.3 Å². The zero-order valence-corrected chi connectivity index (χ0v) is 9.34. The largest absolute Gasteiger partial charge is 0.311 e. The Balaban J connectivity index is 2.04. The van der Waals surface area contributed by atoms with Gasteiger partial charge in [0.05, 0.1) is 4.34 Å². The van der Waals surface area contributed by atoms with E-state index in [4.69, 9.17) is 11.6 Å². The highest BCUT2D eigenvalue weighted by atomic mass is 35.5. The van der Waals surface area contributed by atoms with Gasteiger partial charge in [0.2, 0.25) is 0 Å². The maximum absolute atomic E-state index is 5.89. The Hall–Kier alpha value is -0.0500. The Morgan fingerprint density at radius 3 is 3.00 bits per heavy atom. The Morgan fingerprint density at radius 1 is 1.62 bits per heavy atom. The van der Waals surface area contributed by atoms with E-state index < -0.39 is 0 Å². The van der Waals surface area contributed by atoms with Crippen molar-refractivity contribution in [2.45, 2.75) is 31.7 Å². The van der Waals surface area contributed by atoms with Gasteiger partial charge in [-0.05, 0) is 44.9 Å². The van der Waals surface area contributed by atoms with Crippen LogP contribution in [-0.4, -0.2) is 12.1 Å². The lowest BCUT2D eigenvalue weighted by Crippen LogP contribution is -2.38. The Bertz CT molecular complexity index is 289. The van der Waals surface area contributed by atoms with Crippen molar-refractivity contribution in [1.29, 1.82) is 0 Å². The van der Waals surface area contributed by atoms with Crippen molar-refractivity contribution in [3.8, 4) is 0 Å². The number of hydrogen-bond donors (Lipinski definition) is 1. The number of hydrogen-bond acceptors (Lipinski definition) is 2. The maximum atomic E-state index is 5.89. The van der Waals surface area contributed by atoms with Gasteiger partial charge in [-0.2, -0.15) is 0 Å². The van der Waals surface area contributed by atoms with Gasteiger partial charge in [-0.25, -0.2) is 0 Å². The molecule has 0 radical (unpaired) electrons. The second kappa shape index (κ2) is 3.60. The van der Waals surface area contributed by atoms with E-state index in [0.29, 0.717) is 5.54 Å². The fraction of sp³-hybridized carbons (Fsp3) is 0.600. The summed E-state index contributed by atoms with van der Waals surface area (Å²) >= 11 is 7.59. The zero-order chi connectivity index (χ0) is 9.31. The van der Waals surface area contributed by atoms with Gasteiger partial charge in [0, 0.05) is 10.4 Å². The highest BCUT2D eigenvalue weighted by Gasteiger charge is 2.28. The van der Waals surface area contributed by atoms with E-state index in [0.717, 1.165) is 17.3 Å². The van der Waals surface area contributed by atoms with E-state index in [1.807, 2.05) is 6.07 Å². The molecule has 1 aliphatic rings. The summed E-state index contributed by atoms with van der Waals surface area (Å²) in [5.74, 6) is 0. The van der Waals surface area contributed by atoms with E-state index >= 15 is 0 Å². The highest BCUT2D eigenvalue weighted by molar-refractivity contribution is 7.16. The normalized spacial score (nSPS) is 28.2. The molecule has 0 amide bonds. The molecule has 72 valence electrons. The van der Waals surface area contributed by atoms with Gasteiger partial charge in [0.15, 0.2) is 0 Å². The molecule has 2 rings (SSSR count). The lowest BCUT2D eigenvalue weighted by molar-refractivity contribution is 0.415. The van der Waals surface area contributed by atoms with Crippen LogP contribution in [0.5, 0.6) is 0 Å². The first-order chi connectivity index (χ1) is 6.18. The molecule has 0 bridgehead atoms. The molecule has 1 atom stereocenters. The quantitative estimate of drug-likeness (QED) is 0.800. The lowest BCUT2D eigenvalue weighted by Gasteiger charge is -2.23. The number of nitrogens with one attached hydrogen (secondary N) is 1. The summed E-state index contributed by atoms with van der Waals surface area (Å²) in [6, 6.07) is 4.12. The fourth-order valence-electron chi connectivity index (χ4n) is 1.94. The Morgan fingerprint density at radius 2 is 2.46 bits per heavy atom. The van der Waals surface area contributed by atoms with Crippen LogP contribution in [0.3, 0.4) is 0 Å². The third kappa shape index (κ3) is 2.25. The van der Waals surface area contributed by atoms with Crippen LogP contribution in [0.4, 0.5) is 0 Å². The predicted octanol–water partition coefficient (Wildman–Crippen LogP) is 3.09. The summed E-state index contributed by atoms with van der Waals surface area (Å²) < 4.78 is 0.900. The van der Waals surface area contributed by atoms with Crippen molar-refractivity contribution >= 4 is 22.9 Å². The van der Waals surface area contributed by atoms with Gasteiger partial charge >= 0.3 is 0 Å². The molecule has 13 heavy (non-hydrogen) atoms. The summed E-state index contributed by atoms with van der Waals surface area (Å²) in [7, 11) is 0. The summed E-state index contributed by atoms with van der Waals surface area (Å²) in [6.45, 7) is 3.46. The number of thiophene rings is 1. The van der Waals surface area contributed by atoms with Crippen LogP contribution in [0.2, 0.25) is 4.34 Å². The minimum absolute atomic E-state index is 0.314. The van der Waals surface area contributed by atoms with Gasteiger partial charge < -0.3 is 5.32 Å². The van der Waals surface area contributed by atoms with Gasteiger partial charge in [0.25, 0.3) is 0 Å². The van der Waals surface area contributed by atoms with Crippen LogP contribution in [0.25, 0.3) is 0 Å². The second-order valence-corrected chi connectivity index (χ2v) is 5.77. The first-order valence-electron chi connectivity index (χ1n) is 4.67. The Kier molecular flexibility index (Phi) is 2.63. The molecule has 0 spiro atoms. The second-order valence-electron chi connectivity index (χ2n) is 3.97. The van der Waals surface area contributed by atoms with Crippen LogP contribution in [0.1, 0.15) is 24.6 Å². The standard InChI is InChI=1S/C10H14ClNS/c1-10(5-2-6-12-10)7-8-3-4-9(11)13-8/h3-4,12H,2,5-7H2,1H3. The van der Waals surface area contributed by atoms with E-state index in [-0.39, 0.29) is 0 Å². The van der Waals surface area contributed by atoms with Crippen molar-refractivity contribution in [2.75, 3.05) is 6.54 Å². The molecule has 3 heteroatoms. The molecular formula is C10H14ClNS. The molecular weight excluding hydrogens is 202 g/mol. The summed E-state index contributed by atoms with van der Waals surface area (Å²) in [5.41, 5.74) is 0.314. The first kappa shape index (κ1) is 9.50. The third-order valence-corrected chi connectivity index (χ3v) is 3.88. The summed E-state index contributed by atoms with van der Waals surface area (Å²) in [4.78, 5) is 1.39. The lowest BCUT2D eigenvalue weighted by atomic mass is 9.95. The number of halogens is 1. The van der Waals surface area contributed by atoms with Crippen molar-refractivity contribution in [2.24, 2.45) is 0 Å². The minimum atomic E-state index is 0.314. The van der Waals surface area contributed by atoms with E-state index in [1.54, 1.807) is 11.3 Å². The molecule has 0 aromatic carbocycles. The zero-order valence-electron chi connectivity index (χ0n) is 7.77. The molecule has 1 aromatic rings. The molecule has 0 aliphatic carbocycles. The Labute approximate surface area is 88.1 Å². The summed E-state index contributed by atoms with van der Waals surface area (Å²) in [5, 5.41) is 3.55. The monoisotopic (exact) mass is 215 g/mol. The molecule has 1 fully saturated rings. The van der Waals surface area contributed by atoms with Gasteiger partial charge in [-0.3, -0.25) is 0 Å². The molecule has 1 saturated heterocycles. The van der Waals surface area contributed by atoms with E-state index in [9.17, 15) is 0 Å². The average Bonchev–Trinajstić information content (AvgIpc) is 2.62. The van der Waals surface area contributed by atoms with Crippen LogP contribution in [0, 0.1) is 0 Å². The SMILES string of the molecule is CC1(Cc2ccc(Cl)s2)CCCN1. The van der Waals surface area contributed by atoms with Crippen molar-refractivity contribution in [3.63, 3.8) is 0 Å². The fourth-order valence-corrected chi connectivity index (χ4v) is 3.21. The summed E-state index contributed by atoms with van der Waals surface area (Å²) in [6.07, 6.45) is 3.70. The van der Waals surface area contributed by atoms with Crippen molar-refractivity contribution in [1.82, 2.24) is 5.32 Å². The van der Waals surface area contributed by atoms with Crippen LogP contribution >= 0.6 is 22.9 Å². The number of rotatable bonds is 2. The highest BCUT2D eigenvalue weighted by Crippen LogP contribution is 2.28. The third-order valence-electron chi connectivity index (χ3n) is 2.65. The molecule has 1 aromatic heterocycles. The minimum Gasteiger partial charge on any atom is -0.311 e. The molecule has 2 heterocycles. The van der Waals surface area contributed by atoms with Crippen LogP contribution in [-0.2, 0) is 6.42 Å². The average molecular weight is 216 g/mol. The molecule has 1 aliphatic heterocycles. The maximum Gasteiger partial charge on any atom is 0.0931 e. The van der Waals surface area contributed by atoms with Gasteiger partial charge in [0.1, 0.15) is 0 Å². The van der Waals surface area contributed by atoms with Crippen molar-refractivity contribution < 1.29 is 0 Å². The molecule has 1 nitrogen and oxygen atoms in total. The van der Waals surface area contributed by atoms with Crippen LogP contribution in [0.15, 0.2) is 12.1 Å². The van der Waals surface area contributed by atoms with Gasteiger partial charge in [-0.1, -0.05) is 11.6 Å². The molecule has 1 unspecified atom stereocenters.